The molecule has 23 heavy (non-hydrogen) atoms. The van der Waals surface area contributed by atoms with Gasteiger partial charge >= 0.3 is 0 Å². The van der Waals surface area contributed by atoms with Crippen LogP contribution in [0.1, 0.15) is 10.4 Å². The largest absolute Gasteiger partial charge is 0.349 e. The lowest BCUT2D eigenvalue weighted by molar-refractivity contribution is 0.102. The normalized spacial score (nSPS) is 9.30. The second kappa shape index (κ2) is 8.43. The van der Waals surface area contributed by atoms with Crippen molar-refractivity contribution in [2.24, 2.45) is 0 Å². The highest BCUT2D eigenvalue weighted by atomic mass is 32.2. The maximum Gasteiger partial charge on any atom is 0.173 e. The van der Waals surface area contributed by atoms with Crippen LogP contribution in [0.5, 0.6) is 0 Å². The number of rotatable bonds is 6. The Kier molecular flexibility index (Phi) is 5.99. The van der Waals surface area contributed by atoms with Crippen molar-refractivity contribution in [2.45, 2.75) is 0 Å². The van der Waals surface area contributed by atoms with Crippen LogP contribution >= 0.6 is 11.8 Å². The van der Waals surface area contributed by atoms with Gasteiger partial charge in [0.1, 0.15) is 17.2 Å². The lowest BCUT2D eigenvalue weighted by Crippen LogP contribution is -2.06. The lowest BCUT2D eigenvalue weighted by Gasteiger charge is -2.10. The summed E-state index contributed by atoms with van der Waals surface area (Å²) in [5.41, 5.74) is 1.32. The molecule has 0 aliphatic heterocycles. The molecular formula is C18H13N3OS. The minimum Gasteiger partial charge on any atom is -0.349 e. The molecule has 0 aromatic heterocycles. The molecule has 0 atom stereocenters. The molecule has 0 saturated heterocycles. The quantitative estimate of drug-likeness (QED) is 0.644. The van der Waals surface area contributed by atoms with Crippen LogP contribution in [0.2, 0.25) is 0 Å². The number of nitrogens with zero attached hydrogens (tertiary/aromatic N) is 2. The van der Waals surface area contributed by atoms with Gasteiger partial charge in [-0.1, -0.05) is 60.3 Å². The van der Waals surface area contributed by atoms with Crippen molar-refractivity contribution in [3.8, 4) is 12.1 Å². The van der Waals surface area contributed by atoms with Crippen molar-refractivity contribution in [1.29, 1.82) is 10.5 Å². The molecule has 2 aromatic carbocycles. The van der Waals surface area contributed by atoms with E-state index in [-0.39, 0.29) is 17.1 Å². The number of anilines is 1. The Labute approximate surface area is 139 Å². The van der Waals surface area contributed by atoms with E-state index >= 15 is 0 Å². The summed E-state index contributed by atoms with van der Waals surface area (Å²) in [6, 6.07) is 21.9. The van der Waals surface area contributed by atoms with Gasteiger partial charge in [0.05, 0.1) is 5.75 Å². The Bertz CT molecular complexity index is 771. The van der Waals surface area contributed by atoms with Gasteiger partial charge in [-0.2, -0.15) is 10.5 Å². The second-order valence-electron chi connectivity index (χ2n) is 4.50. The number of nitriles is 2. The van der Waals surface area contributed by atoms with Gasteiger partial charge in [0, 0.05) is 11.3 Å². The van der Waals surface area contributed by atoms with E-state index in [1.807, 2.05) is 48.5 Å². The van der Waals surface area contributed by atoms with Crippen LogP contribution in [0.3, 0.4) is 0 Å². The number of ketones is 1. The van der Waals surface area contributed by atoms with E-state index in [2.05, 4.69) is 5.32 Å². The number of hydrogen-bond donors (Lipinski definition) is 1. The summed E-state index contributed by atoms with van der Waals surface area (Å²) in [5, 5.41) is 21.6. The SMILES string of the molecule is N#CC(C#N)=C(Nc1ccccc1)SCC(=O)c1ccccc1. The van der Waals surface area contributed by atoms with Gasteiger partial charge in [0.2, 0.25) is 0 Å². The van der Waals surface area contributed by atoms with Gasteiger partial charge in [-0.05, 0) is 12.1 Å². The lowest BCUT2D eigenvalue weighted by atomic mass is 10.2. The van der Waals surface area contributed by atoms with E-state index < -0.39 is 0 Å². The van der Waals surface area contributed by atoms with E-state index in [0.29, 0.717) is 10.6 Å². The standard InChI is InChI=1S/C18H13N3OS/c19-11-15(12-20)18(21-16-9-5-2-6-10-16)23-13-17(22)14-7-3-1-4-8-14/h1-10,21H,13H2. The summed E-state index contributed by atoms with van der Waals surface area (Å²) in [5.74, 6) is 0.0877. The fraction of sp³-hybridized carbons (Fsp3) is 0.0556. The molecule has 0 fully saturated rings. The highest BCUT2D eigenvalue weighted by molar-refractivity contribution is 8.03. The van der Waals surface area contributed by atoms with Gasteiger partial charge in [0.25, 0.3) is 0 Å². The van der Waals surface area contributed by atoms with Gasteiger partial charge in [0.15, 0.2) is 11.4 Å². The summed E-state index contributed by atoms with van der Waals surface area (Å²) in [4.78, 5) is 12.2. The fourth-order valence-electron chi connectivity index (χ4n) is 1.79. The molecule has 112 valence electrons. The Balaban J connectivity index is 2.14. The number of para-hydroxylation sites is 1. The van der Waals surface area contributed by atoms with E-state index in [1.54, 1.807) is 24.3 Å². The first-order chi connectivity index (χ1) is 11.2. The highest BCUT2D eigenvalue weighted by Crippen LogP contribution is 2.23. The fourth-order valence-corrected chi connectivity index (χ4v) is 2.66. The predicted octanol–water partition coefficient (Wildman–Crippen LogP) is 3.97. The molecule has 0 aliphatic rings. The average Bonchev–Trinajstić information content (AvgIpc) is 2.62. The number of Topliss-reactive ketones (excluding diaryl/α,β-unsaturated/α-hetero) is 1. The van der Waals surface area contributed by atoms with Crippen LogP contribution in [0, 0.1) is 22.7 Å². The average molecular weight is 319 g/mol. The van der Waals surface area contributed by atoms with Gasteiger partial charge in [-0.25, -0.2) is 0 Å². The Morgan fingerprint density at radius 2 is 1.52 bits per heavy atom. The van der Waals surface area contributed by atoms with Crippen molar-refractivity contribution < 1.29 is 4.79 Å². The number of carbonyl (C=O) groups is 1. The summed E-state index contributed by atoms with van der Waals surface area (Å²) in [6.07, 6.45) is 0. The molecule has 0 radical (unpaired) electrons. The van der Waals surface area contributed by atoms with Gasteiger partial charge in [-0.15, -0.1) is 0 Å². The van der Waals surface area contributed by atoms with Crippen LogP contribution in [0.4, 0.5) is 5.69 Å². The zero-order valence-corrected chi connectivity index (χ0v) is 13.0. The Morgan fingerprint density at radius 1 is 0.957 bits per heavy atom. The van der Waals surface area contributed by atoms with E-state index in [4.69, 9.17) is 10.5 Å². The number of nitrogens with one attached hydrogen (secondary N) is 1. The van der Waals surface area contributed by atoms with Crippen molar-refractivity contribution >= 4 is 23.2 Å². The Hall–Kier alpha value is -3.02. The molecule has 1 N–H and O–H groups in total. The molecule has 0 unspecified atom stereocenters. The Morgan fingerprint density at radius 3 is 2.09 bits per heavy atom. The van der Waals surface area contributed by atoms with Crippen LogP contribution in [0.25, 0.3) is 0 Å². The van der Waals surface area contributed by atoms with Crippen LogP contribution < -0.4 is 5.32 Å². The monoisotopic (exact) mass is 319 g/mol. The number of benzene rings is 2. The molecule has 0 heterocycles. The first-order valence-corrected chi connectivity index (χ1v) is 7.80. The van der Waals surface area contributed by atoms with Crippen LogP contribution in [0.15, 0.2) is 71.3 Å². The molecule has 0 bridgehead atoms. The van der Waals surface area contributed by atoms with Crippen molar-refractivity contribution in [2.75, 3.05) is 11.1 Å². The minimum absolute atomic E-state index is 0.0419. The molecular weight excluding hydrogens is 306 g/mol. The molecule has 0 amide bonds. The third kappa shape index (κ3) is 4.74. The predicted molar refractivity (Wildman–Crippen MR) is 91.5 cm³/mol. The van der Waals surface area contributed by atoms with E-state index in [0.717, 1.165) is 17.4 Å². The number of carbonyl (C=O) groups excluding carboxylic acids is 1. The summed E-state index contributed by atoms with van der Waals surface area (Å²) < 4.78 is 0. The number of thioether (sulfide) groups is 1. The zero-order valence-electron chi connectivity index (χ0n) is 12.2. The number of allylic oxidation sites excluding steroid dienone is 1. The van der Waals surface area contributed by atoms with Crippen LogP contribution in [-0.2, 0) is 0 Å². The topological polar surface area (TPSA) is 76.7 Å². The van der Waals surface area contributed by atoms with Gasteiger partial charge in [-0.3, -0.25) is 4.79 Å². The van der Waals surface area contributed by atoms with E-state index in [1.165, 1.54) is 0 Å². The molecule has 4 nitrogen and oxygen atoms in total. The van der Waals surface area contributed by atoms with Crippen molar-refractivity contribution in [3.63, 3.8) is 0 Å². The first kappa shape index (κ1) is 16.4. The van der Waals surface area contributed by atoms with E-state index in [9.17, 15) is 4.79 Å². The molecule has 2 rings (SSSR count). The summed E-state index contributed by atoms with van der Waals surface area (Å²) in [7, 11) is 0. The summed E-state index contributed by atoms with van der Waals surface area (Å²) >= 11 is 1.15. The zero-order chi connectivity index (χ0) is 16.5. The maximum absolute atomic E-state index is 12.2. The van der Waals surface area contributed by atoms with Gasteiger partial charge < -0.3 is 5.32 Å². The minimum atomic E-state index is -0.0572. The molecule has 2 aromatic rings. The van der Waals surface area contributed by atoms with Crippen molar-refractivity contribution in [1.82, 2.24) is 0 Å². The smallest absolute Gasteiger partial charge is 0.173 e. The maximum atomic E-state index is 12.2. The molecule has 0 spiro atoms. The third-order valence-electron chi connectivity index (χ3n) is 2.93. The third-order valence-corrected chi connectivity index (χ3v) is 3.93. The number of hydrogen-bond acceptors (Lipinski definition) is 5. The highest BCUT2D eigenvalue weighted by Gasteiger charge is 2.12. The molecule has 5 heteroatoms. The van der Waals surface area contributed by atoms with Crippen LogP contribution in [-0.4, -0.2) is 11.5 Å². The molecule has 0 aliphatic carbocycles. The first-order valence-electron chi connectivity index (χ1n) is 6.82. The van der Waals surface area contributed by atoms with Crippen molar-refractivity contribution in [3.05, 3.63) is 76.8 Å². The second-order valence-corrected chi connectivity index (χ2v) is 5.48. The summed E-state index contributed by atoms with van der Waals surface area (Å²) in [6.45, 7) is 0. The molecule has 0 saturated carbocycles.